The average Bonchev–Trinajstić information content (AvgIpc) is 2.65. The molecule has 0 radical (unpaired) electrons. The predicted octanol–water partition coefficient (Wildman–Crippen LogP) is 0.582. The molecule has 2 aliphatic rings. The van der Waals surface area contributed by atoms with E-state index in [0.29, 0.717) is 32.6 Å². The highest BCUT2D eigenvalue weighted by molar-refractivity contribution is 5.76. The monoisotopic (exact) mass is 385 g/mol. The zero-order valence-corrected chi connectivity index (χ0v) is 16.8. The number of amides is 1. The van der Waals surface area contributed by atoms with Crippen LogP contribution in [0.2, 0.25) is 0 Å². The summed E-state index contributed by atoms with van der Waals surface area (Å²) < 4.78 is 0. The molecular formula is C18H35N5O4. The lowest BCUT2D eigenvalue weighted by atomic mass is 10.1. The Morgan fingerprint density at radius 3 is 2.33 bits per heavy atom. The lowest BCUT2D eigenvalue weighted by Crippen LogP contribution is -2.52. The molecule has 0 aromatic rings. The first-order valence-corrected chi connectivity index (χ1v) is 10.2. The van der Waals surface area contributed by atoms with E-state index in [1.807, 2.05) is 18.7 Å². The minimum Gasteiger partial charge on any atom is -0.340 e. The molecule has 27 heavy (non-hydrogen) atoms. The van der Waals surface area contributed by atoms with Crippen LogP contribution in [0, 0.1) is 10.1 Å². The van der Waals surface area contributed by atoms with Crippen molar-refractivity contribution >= 4 is 5.91 Å². The fourth-order valence-corrected chi connectivity index (χ4v) is 3.69. The molecule has 1 unspecified atom stereocenters. The molecule has 1 atom stereocenters. The summed E-state index contributed by atoms with van der Waals surface area (Å²) >= 11 is 0. The molecule has 0 aromatic heterocycles. The van der Waals surface area contributed by atoms with Crippen LogP contribution in [0.4, 0.5) is 0 Å². The second kappa shape index (κ2) is 11.4. The molecule has 1 N–H and O–H groups in total. The van der Waals surface area contributed by atoms with Crippen LogP contribution in [0.3, 0.4) is 0 Å². The van der Waals surface area contributed by atoms with Gasteiger partial charge >= 0.3 is 0 Å². The van der Waals surface area contributed by atoms with E-state index in [0.717, 1.165) is 32.7 Å². The molecule has 2 saturated heterocycles. The summed E-state index contributed by atoms with van der Waals surface area (Å²) in [6.45, 7) is 10.8. The number of piperidine rings is 1. The van der Waals surface area contributed by atoms with Gasteiger partial charge in [-0.1, -0.05) is 20.3 Å². The second-order valence-electron chi connectivity index (χ2n) is 7.85. The number of nitrogens with zero attached hydrogens (tertiary/aromatic N) is 4. The molecule has 2 aliphatic heterocycles. The van der Waals surface area contributed by atoms with Gasteiger partial charge in [-0.3, -0.25) is 9.69 Å². The lowest BCUT2D eigenvalue weighted by molar-refractivity contribution is -0.768. The zero-order chi connectivity index (χ0) is 19.6. The van der Waals surface area contributed by atoms with Gasteiger partial charge in [-0.05, 0) is 25.9 Å². The first kappa shape index (κ1) is 21.8. The van der Waals surface area contributed by atoms with Crippen LogP contribution in [-0.4, -0.2) is 96.7 Å². The topological polar surface area (TPSA) is 91.2 Å². The van der Waals surface area contributed by atoms with Crippen molar-refractivity contribution in [3.8, 4) is 0 Å². The van der Waals surface area contributed by atoms with Crippen molar-refractivity contribution in [2.24, 2.45) is 0 Å². The van der Waals surface area contributed by atoms with E-state index in [1.54, 1.807) is 0 Å². The van der Waals surface area contributed by atoms with Gasteiger partial charge in [0.05, 0.1) is 0 Å². The van der Waals surface area contributed by atoms with Crippen molar-refractivity contribution in [2.45, 2.75) is 51.7 Å². The molecule has 0 aromatic carbocycles. The summed E-state index contributed by atoms with van der Waals surface area (Å²) in [5, 5.41) is 13.2. The first-order chi connectivity index (χ1) is 12.9. The van der Waals surface area contributed by atoms with E-state index < -0.39 is 11.2 Å². The summed E-state index contributed by atoms with van der Waals surface area (Å²) in [6.07, 6.45) is 3.88. The Morgan fingerprint density at radius 1 is 1.07 bits per heavy atom. The van der Waals surface area contributed by atoms with Crippen LogP contribution in [-0.2, 0) is 9.63 Å². The SMILES string of the molecule is CC(C)NCC(CN1CCN(C(=O)CCN2CCCCC2)CC1)O[N+](=O)[O-]. The highest BCUT2D eigenvalue weighted by atomic mass is 17.0. The van der Waals surface area contributed by atoms with Crippen LogP contribution in [0.5, 0.6) is 0 Å². The molecule has 0 bridgehead atoms. The van der Waals surface area contributed by atoms with Gasteiger partial charge in [0.15, 0.2) is 0 Å². The highest BCUT2D eigenvalue weighted by Gasteiger charge is 2.25. The van der Waals surface area contributed by atoms with E-state index in [2.05, 4.69) is 15.1 Å². The molecule has 1 amide bonds. The van der Waals surface area contributed by atoms with Gasteiger partial charge in [-0.2, -0.15) is 0 Å². The third kappa shape index (κ3) is 8.40. The maximum Gasteiger partial charge on any atom is 0.294 e. The van der Waals surface area contributed by atoms with Gasteiger partial charge in [-0.15, -0.1) is 10.1 Å². The van der Waals surface area contributed by atoms with Crippen LogP contribution < -0.4 is 5.32 Å². The highest BCUT2D eigenvalue weighted by Crippen LogP contribution is 2.11. The molecule has 0 aliphatic carbocycles. The third-order valence-electron chi connectivity index (χ3n) is 5.27. The summed E-state index contributed by atoms with van der Waals surface area (Å²) in [6, 6.07) is 0.247. The second-order valence-corrected chi connectivity index (χ2v) is 7.85. The standard InChI is InChI=1S/C18H35N5O4/c1-16(2)19-14-17(27-23(25)26)15-21-10-12-22(13-11-21)18(24)6-9-20-7-4-3-5-8-20/h16-17,19H,3-15H2,1-2H3. The quantitative estimate of drug-likeness (QED) is 0.434. The number of hydrogen-bond acceptors (Lipinski definition) is 7. The number of hydrogen-bond donors (Lipinski definition) is 1. The summed E-state index contributed by atoms with van der Waals surface area (Å²) in [5.74, 6) is 0.222. The minimum atomic E-state index is -0.715. The third-order valence-corrected chi connectivity index (χ3v) is 5.27. The van der Waals surface area contributed by atoms with Crippen molar-refractivity contribution in [1.29, 1.82) is 0 Å². The van der Waals surface area contributed by atoms with Gasteiger partial charge in [0, 0.05) is 58.3 Å². The molecule has 2 heterocycles. The van der Waals surface area contributed by atoms with Crippen LogP contribution in [0.1, 0.15) is 39.5 Å². The Morgan fingerprint density at radius 2 is 1.74 bits per heavy atom. The van der Waals surface area contributed by atoms with Crippen LogP contribution in [0.25, 0.3) is 0 Å². The van der Waals surface area contributed by atoms with Crippen molar-refractivity contribution < 1.29 is 14.7 Å². The van der Waals surface area contributed by atoms with Gasteiger partial charge in [0.2, 0.25) is 5.91 Å². The van der Waals surface area contributed by atoms with Gasteiger partial charge in [0.1, 0.15) is 6.10 Å². The van der Waals surface area contributed by atoms with Crippen LogP contribution >= 0.6 is 0 Å². The maximum absolute atomic E-state index is 12.4. The number of rotatable bonds is 10. The maximum atomic E-state index is 12.4. The molecule has 2 rings (SSSR count). The number of nitrogens with one attached hydrogen (secondary N) is 1. The first-order valence-electron chi connectivity index (χ1n) is 10.2. The number of piperazine rings is 1. The van der Waals surface area contributed by atoms with E-state index >= 15 is 0 Å². The summed E-state index contributed by atoms with van der Waals surface area (Å²) in [7, 11) is 0. The minimum absolute atomic E-state index is 0.222. The van der Waals surface area contributed by atoms with E-state index in [1.165, 1.54) is 19.3 Å². The fraction of sp³-hybridized carbons (Fsp3) is 0.944. The van der Waals surface area contributed by atoms with Crippen molar-refractivity contribution in [3.05, 3.63) is 10.1 Å². The smallest absolute Gasteiger partial charge is 0.294 e. The van der Waals surface area contributed by atoms with E-state index in [4.69, 9.17) is 4.84 Å². The molecule has 156 valence electrons. The number of likely N-dealkylation sites (tertiary alicyclic amines) is 1. The Bertz CT molecular complexity index is 463. The van der Waals surface area contributed by atoms with Gasteiger partial charge in [0.25, 0.3) is 5.09 Å². The predicted molar refractivity (Wildman–Crippen MR) is 103 cm³/mol. The number of carbonyl (C=O) groups is 1. The van der Waals surface area contributed by atoms with Crippen LogP contribution in [0.15, 0.2) is 0 Å². The molecular weight excluding hydrogens is 350 g/mol. The Labute approximate surface area is 162 Å². The summed E-state index contributed by atoms with van der Waals surface area (Å²) in [5.41, 5.74) is 0. The Balaban J connectivity index is 1.69. The van der Waals surface area contributed by atoms with Crippen molar-refractivity contribution in [1.82, 2.24) is 20.0 Å². The van der Waals surface area contributed by atoms with E-state index in [9.17, 15) is 14.9 Å². The average molecular weight is 386 g/mol. The summed E-state index contributed by atoms with van der Waals surface area (Å²) in [4.78, 5) is 34.4. The fourth-order valence-electron chi connectivity index (χ4n) is 3.69. The van der Waals surface area contributed by atoms with Gasteiger partial charge < -0.3 is 20.0 Å². The van der Waals surface area contributed by atoms with Crippen molar-refractivity contribution in [2.75, 3.05) is 58.9 Å². The largest absolute Gasteiger partial charge is 0.340 e. The normalized spacial score (nSPS) is 20.6. The lowest BCUT2D eigenvalue weighted by Gasteiger charge is -2.36. The Hall–Kier alpha value is -1.45. The molecule has 9 heteroatoms. The van der Waals surface area contributed by atoms with Crippen molar-refractivity contribution in [3.63, 3.8) is 0 Å². The Kier molecular flexibility index (Phi) is 9.23. The molecule has 0 saturated carbocycles. The van der Waals surface area contributed by atoms with Gasteiger partial charge in [-0.25, -0.2) is 0 Å². The molecule has 9 nitrogen and oxygen atoms in total. The van der Waals surface area contributed by atoms with E-state index in [-0.39, 0.29) is 11.9 Å². The molecule has 2 fully saturated rings. The number of carbonyl (C=O) groups excluding carboxylic acids is 1. The zero-order valence-electron chi connectivity index (χ0n) is 16.8. The molecule has 0 spiro atoms.